The molecular weight excluding hydrogens is 392 g/mol. The topological polar surface area (TPSA) is 94.8 Å². The van der Waals surface area contributed by atoms with Gasteiger partial charge in [-0.15, -0.1) is 0 Å². The van der Waals surface area contributed by atoms with Crippen LogP contribution in [0.5, 0.6) is 0 Å². The summed E-state index contributed by atoms with van der Waals surface area (Å²) in [6.45, 7) is 9.42. The first-order chi connectivity index (χ1) is 15.0. The van der Waals surface area contributed by atoms with E-state index in [-0.39, 0.29) is 5.91 Å². The van der Waals surface area contributed by atoms with Crippen molar-refractivity contribution in [2.24, 2.45) is 4.99 Å². The first-order valence-corrected chi connectivity index (χ1v) is 11.0. The van der Waals surface area contributed by atoms with Gasteiger partial charge >= 0.3 is 0 Å². The molecule has 1 aromatic carbocycles. The molecule has 8 nitrogen and oxygen atoms in total. The van der Waals surface area contributed by atoms with Crippen LogP contribution in [0.15, 0.2) is 33.8 Å². The minimum absolute atomic E-state index is 0.0654. The van der Waals surface area contributed by atoms with E-state index in [2.05, 4.69) is 39.9 Å². The number of aryl methyl sites for hydroxylation is 2. The number of hydrogen-bond acceptors (Lipinski definition) is 5. The Morgan fingerprint density at radius 3 is 2.61 bits per heavy atom. The normalized spacial score (nSPS) is 11.6. The van der Waals surface area contributed by atoms with E-state index in [0.717, 1.165) is 48.5 Å². The molecule has 0 saturated carbocycles. The van der Waals surface area contributed by atoms with Gasteiger partial charge < -0.3 is 25.4 Å². The van der Waals surface area contributed by atoms with Gasteiger partial charge in [0.05, 0.1) is 12.2 Å². The number of guanidine groups is 1. The molecule has 170 valence electrons. The van der Waals surface area contributed by atoms with E-state index >= 15 is 0 Å². The Bertz CT molecular complexity index is 838. The van der Waals surface area contributed by atoms with Crippen LogP contribution in [0.4, 0.5) is 0 Å². The molecule has 0 fully saturated rings. The molecule has 0 radical (unpaired) electrons. The van der Waals surface area contributed by atoms with Crippen LogP contribution in [0.3, 0.4) is 0 Å². The van der Waals surface area contributed by atoms with Crippen LogP contribution >= 0.6 is 0 Å². The number of amides is 1. The van der Waals surface area contributed by atoms with Gasteiger partial charge in [-0.2, -0.15) is 0 Å². The number of rotatable bonds is 11. The highest BCUT2D eigenvalue weighted by molar-refractivity contribution is 5.94. The Morgan fingerprint density at radius 1 is 1.13 bits per heavy atom. The SMILES string of the molecule is CCNC(=NCc1cccc(C(=O)NCCN(C)C)c1)NCc1c(CC)noc1CC. The van der Waals surface area contributed by atoms with E-state index < -0.39 is 0 Å². The number of nitrogens with zero attached hydrogens (tertiary/aromatic N) is 3. The van der Waals surface area contributed by atoms with Crippen molar-refractivity contribution in [2.75, 3.05) is 33.7 Å². The zero-order chi connectivity index (χ0) is 22.6. The van der Waals surface area contributed by atoms with Crippen molar-refractivity contribution in [3.05, 3.63) is 52.4 Å². The summed E-state index contributed by atoms with van der Waals surface area (Å²) < 4.78 is 5.44. The molecule has 1 heterocycles. The third-order valence-corrected chi connectivity index (χ3v) is 4.84. The van der Waals surface area contributed by atoms with Crippen LogP contribution in [0.25, 0.3) is 0 Å². The number of hydrogen-bond donors (Lipinski definition) is 3. The molecule has 2 rings (SSSR count). The smallest absolute Gasteiger partial charge is 0.251 e. The summed E-state index contributed by atoms with van der Waals surface area (Å²) in [5.41, 5.74) is 3.71. The number of nitrogens with one attached hydrogen (secondary N) is 3. The molecule has 0 aliphatic carbocycles. The molecular formula is C23H36N6O2. The van der Waals surface area contributed by atoms with Crippen molar-refractivity contribution in [1.29, 1.82) is 0 Å². The van der Waals surface area contributed by atoms with Gasteiger partial charge in [-0.05, 0) is 45.1 Å². The van der Waals surface area contributed by atoms with Crippen molar-refractivity contribution in [3.8, 4) is 0 Å². The van der Waals surface area contributed by atoms with Crippen molar-refractivity contribution in [3.63, 3.8) is 0 Å². The molecule has 1 aromatic heterocycles. The summed E-state index contributed by atoms with van der Waals surface area (Å²) in [5, 5.41) is 13.8. The van der Waals surface area contributed by atoms with Crippen molar-refractivity contribution >= 4 is 11.9 Å². The standard InChI is InChI=1S/C23H36N6O2/c1-6-20-19(21(7-2)31-28-20)16-27-23(24-8-3)26-15-17-10-9-11-18(14-17)22(30)25-12-13-29(4)5/h9-11,14H,6-8,12-13,15-16H2,1-5H3,(H,25,30)(H2,24,26,27). The van der Waals surface area contributed by atoms with Gasteiger partial charge in [-0.25, -0.2) is 4.99 Å². The fourth-order valence-electron chi connectivity index (χ4n) is 3.13. The fourth-order valence-corrected chi connectivity index (χ4v) is 3.13. The van der Waals surface area contributed by atoms with Gasteiger partial charge in [0, 0.05) is 43.7 Å². The van der Waals surface area contributed by atoms with Gasteiger partial charge in [0.1, 0.15) is 5.76 Å². The number of aliphatic imine (C=N–C) groups is 1. The second kappa shape index (κ2) is 12.7. The third-order valence-electron chi connectivity index (χ3n) is 4.84. The lowest BCUT2D eigenvalue weighted by Gasteiger charge is -2.12. The van der Waals surface area contributed by atoms with Crippen molar-refractivity contribution in [2.45, 2.75) is 46.7 Å². The summed E-state index contributed by atoms with van der Waals surface area (Å²) in [6.07, 6.45) is 1.64. The molecule has 0 spiro atoms. The van der Waals surface area contributed by atoms with E-state index in [1.807, 2.05) is 50.2 Å². The van der Waals surface area contributed by atoms with Crippen LogP contribution in [0.2, 0.25) is 0 Å². The minimum atomic E-state index is -0.0654. The fraction of sp³-hybridized carbons (Fsp3) is 0.522. The Hall–Kier alpha value is -2.87. The van der Waals surface area contributed by atoms with Gasteiger partial charge in [0.2, 0.25) is 0 Å². The molecule has 0 bridgehead atoms. The average Bonchev–Trinajstić information content (AvgIpc) is 3.17. The second-order valence-corrected chi connectivity index (χ2v) is 7.55. The first-order valence-electron chi connectivity index (χ1n) is 11.0. The molecule has 0 aliphatic heterocycles. The highest BCUT2D eigenvalue weighted by Crippen LogP contribution is 2.15. The van der Waals surface area contributed by atoms with Gasteiger partial charge in [0.15, 0.2) is 5.96 Å². The molecule has 2 aromatic rings. The molecule has 8 heteroatoms. The average molecular weight is 429 g/mol. The van der Waals surface area contributed by atoms with Gasteiger partial charge in [-0.1, -0.05) is 31.1 Å². The summed E-state index contributed by atoms with van der Waals surface area (Å²) >= 11 is 0. The highest BCUT2D eigenvalue weighted by atomic mass is 16.5. The number of likely N-dealkylation sites (N-methyl/N-ethyl adjacent to an activating group) is 1. The predicted octanol–water partition coefficient (Wildman–Crippen LogP) is 2.35. The number of carbonyl (C=O) groups is 1. The van der Waals surface area contributed by atoms with E-state index in [9.17, 15) is 4.79 Å². The van der Waals surface area contributed by atoms with E-state index in [1.165, 1.54) is 0 Å². The van der Waals surface area contributed by atoms with Crippen molar-refractivity contribution in [1.82, 2.24) is 26.0 Å². The quantitative estimate of drug-likeness (QED) is 0.376. The summed E-state index contributed by atoms with van der Waals surface area (Å²) in [4.78, 5) is 19.1. The lowest BCUT2D eigenvalue weighted by atomic mass is 10.1. The molecule has 0 aliphatic rings. The van der Waals surface area contributed by atoms with Crippen LogP contribution in [-0.2, 0) is 25.9 Å². The zero-order valence-electron chi connectivity index (χ0n) is 19.4. The number of aromatic nitrogens is 1. The minimum Gasteiger partial charge on any atom is -0.361 e. The maximum absolute atomic E-state index is 12.4. The summed E-state index contributed by atoms with van der Waals surface area (Å²) in [5.74, 6) is 1.56. The molecule has 3 N–H and O–H groups in total. The lowest BCUT2D eigenvalue weighted by molar-refractivity contribution is 0.0951. The van der Waals surface area contributed by atoms with E-state index in [4.69, 9.17) is 4.52 Å². The Kier molecular flexibility index (Phi) is 10.0. The van der Waals surface area contributed by atoms with E-state index in [0.29, 0.717) is 31.2 Å². The van der Waals surface area contributed by atoms with Crippen LogP contribution in [0, 0.1) is 0 Å². The largest absolute Gasteiger partial charge is 0.361 e. The zero-order valence-corrected chi connectivity index (χ0v) is 19.4. The van der Waals surface area contributed by atoms with Crippen LogP contribution in [-0.4, -0.2) is 55.7 Å². The van der Waals surface area contributed by atoms with Crippen molar-refractivity contribution < 1.29 is 9.32 Å². The molecule has 31 heavy (non-hydrogen) atoms. The predicted molar refractivity (Wildman–Crippen MR) is 124 cm³/mol. The van der Waals surface area contributed by atoms with Gasteiger partial charge in [-0.3, -0.25) is 4.79 Å². The first kappa shape index (κ1) is 24.4. The van der Waals surface area contributed by atoms with E-state index in [1.54, 1.807) is 0 Å². The maximum atomic E-state index is 12.4. The van der Waals surface area contributed by atoms with Crippen LogP contribution in [0.1, 0.15) is 53.7 Å². The molecule has 0 atom stereocenters. The molecule has 1 amide bonds. The van der Waals surface area contributed by atoms with Gasteiger partial charge in [0.25, 0.3) is 5.91 Å². The molecule has 0 unspecified atom stereocenters. The third kappa shape index (κ3) is 7.71. The van der Waals surface area contributed by atoms with Crippen LogP contribution < -0.4 is 16.0 Å². The maximum Gasteiger partial charge on any atom is 0.251 e. The second-order valence-electron chi connectivity index (χ2n) is 7.55. The number of benzene rings is 1. The Morgan fingerprint density at radius 2 is 1.94 bits per heavy atom. The highest BCUT2D eigenvalue weighted by Gasteiger charge is 2.13. The Balaban J connectivity index is 2.02. The summed E-state index contributed by atoms with van der Waals surface area (Å²) in [7, 11) is 3.96. The number of carbonyl (C=O) groups excluding carboxylic acids is 1. The monoisotopic (exact) mass is 428 g/mol. The summed E-state index contributed by atoms with van der Waals surface area (Å²) in [6, 6.07) is 7.59. The lowest BCUT2D eigenvalue weighted by Crippen LogP contribution is -2.37. The Labute approximate surface area is 185 Å². The molecule has 0 saturated heterocycles.